The van der Waals surface area contributed by atoms with Gasteiger partial charge < -0.3 is 19.5 Å². The van der Waals surface area contributed by atoms with Crippen LogP contribution in [0, 0.1) is 5.82 Å². The molecule has 1 amide bonds. The molecule has 1 N–H and O–H groups in total. The van der Waals surface area contributed by atoms with Crippen molar-refractivity contribution in [2.45, 2.75) is 78.4 Å². The molecule has 0 unspecified atom stereocenters. The molecule has 0 saturated heterocycles. The number of tetrazole rings is 1. The molecule has 204 valence electrons. The number of esters is 1. The molecule has 1 heterocycles. The second-order valence-electron chi connectivity index (χ2n) is 10.7. The quantitative estimate of drug-likeness (QED) is 0.399. The van der Waals surface area contributed by atoms with Gasteiger partial charge in [0.2, 0.25) is 5.82 Å². The minimum atomic E-state index is -0.743. The first-order valence-electron chi connectivity index (χ1n) is 12.2. The van der Waals surface area contributed by atoms with Crippen LogP contribution >= 0.6 is 0 Å². The van der Waals surface area contributed by atoms with Crippen LogP contribution in [0.1, 0.15) is 53.5 Å². The Labute approximate surface area is 221 Å². The van der Waals surface area contributed by atoms with Gasteiger partial charge >= 0.3 is 12.1 Å². The van der Waals surface area contributed by atoms with E-state index in [-0.39, 0.29) is 31.1 Å². The molecule has 1 atom stereocenters. The number of carbonyl (C=O) groups is 2. The Kier molecular flexibility index (Phi) is 9.03. The highest BCUT2D eigenvalue weighted by Crippen LogP contribution is 2.24. The van der Waals surface area contributed by atoms with Gasteiger partial charge in [-0.3, -0.25) is 4.79 Å². The first-order chi connectivity index (χ1) is 17.8. The second kappa shape index (κ2) is 12.0. The van der Waals surface area contributed by atoms with Gasteiger partial charge in [0.1, 0.15) is 17.8 Å². The van der Waals surface area contributed by atoms with Crippen molar-refractivity contribution in [3.8, 4) is 17.1 Å². The Balaban J connectivity index is 1.69. The standard InChI is InChI=1S/C27H34FN5O5/c1-26(2,3)37-23(34)15-20(29-25(35)38-27(4,5)6)16-33-31-24(30-32-33)19-12-13-22(21(28)14-19)36-17-18-10-8-7-9-11-18/h7-14,20H,15-17H2,1-6H3,(H,29,35)/t20-/m0/s1. The van der Waals surface area contributed by atoms with Gasteiger partial charge in [0.25, 0.3) is 0 Å². The lowest BCUT2D eigenvalue weighted by Crippen LogP contribution is -2.43. The van der Waals surface area contributed by atoms with Crippen molar-refractivity contribution in [2.24, 2.45) is 0 Å². The van der Waals surface area contributed by atoms with Gasteiger partial charge in [0.15, 0.2) is 11.6 Å². The fourth-order valence-electron chi connectivity index (χ4n) is 3.35. The lowest BCUT2D eigenvalue weighted by molar-refractivity contribution is -0.155. The molecule has 0 bridgehead atoms. The van der Waals surface area contributed by atoms with E-state index in [9.17, 15) is 14.0 Å². The second-order valence-corrected chi connectivity index (χ2v) is 10.7. The largest absolute Gasteiger partial charge is 0.486 e. The van der Waals surface area contributed by atoms with Gasteiger partial charge in [-0.05, 0) is 70.5 Å². The van der Waals surface area contributed by atoms with Gasteiger partial charge in [-0.15, -0.1) is 10.2 Å². The van der Waals surface area contributed by atoms with E-state index in [0.717, 1.165) is 5.56 Å². The van der Waals surface area contributed by atoms with E-state index in [0.29, 0.717) is 5.56 Å². The van der Waals surface area contributed by atoms with Gasteiger partial charge in [0, 0.05) is 5.56 Å². The van der Waals surface area contributed by atoms with E-state index in [4.69, 9.17) is 14.2 Å². The number of nitrogens with zero attached hydrogens (tertiary/aromatic N) is 4. The minimum Gasteiger partial charge on any atom is -0.486 e. The summed E-state index contributed by atoms with van der Waals surface area (Å²) in [6.45, 7) is 10.7. The first kappa shape index (κ1) is 28.5. The molecule has 0 aliphatic rings. The van der Waals surface area contributed by atoms with E-state index < -0.39 is 35.1 Å². The summed E-state index contributed by atoms with van der Waals surface area (Å²) in [5, 5.41) is 15.0. The summed E-state index contributed by atoms with van der Waals surface area (Å²) in [5.41, 5.74) is -0.0980. The topological polar surface area (TPSA) is 117 Å². The fraction of sp³-hybridized carbons (Fsp3) is 0.444. The van der Waals surface area contributed by atoms with Crippen molar-refractivity contribution in [3.63, 3.8) is 0 Å². The number of aromatic nitrogens is 4. The highest BCUT2D eigenvalue weighted by molar-refractivity contribution is 5.73. The Hall–Kier alpha value is -4.02. The van der Waals surface area contributed by atoms with Gasteiger partial charge in [-0.2, -0.15) is 4.80 Å². The number of halogens is 1. The zero-order valence-electron chi connectivity index (χ0n) is 22.5. The number of alkyl carbamates (subject to hydrolysis) is 1. The Morgan fingerprint density at radius 1 is 1.00 bits per heavy atom. The van der Waals surface area contributed by atoms with E-state index >= 15 is 0 Å². The number of hydrogen-bond donors (Lipinski definition) is 1. The summed E-state index contributed by atoms with van der Waals surface area (Å²) in [6.07, 6.45) is -0.838. The van der Waals surface area contributed by atoms with Gasteiger partial charge in [0.05, 0.1) is 19.0 Å². The Morgan fingerprint density at radius 3 is 2.32 bits per heavy atom. The molecular weight excluding hydrogens is 493 g/mol. The van der Waals surface area contributed by atoms with Gasteiger partial charge in [-0.25, -0.2) is 9.18 Å². The molecule has 1 aromatic heterocycles. The Bertz CT molecular complexity index is 1200. The third-order valence-corrected chi connectivity index (χ3v) is 4.82. The number of rotatable bonds is 9. The van der Waals surface area contributed by atoms with E-state index in [1.807, 2.05) is 30.3 Å². The number of hydrogen-bond acceptors (Lipinski definition) is 8. The van der Waals surface area contributed by atoms with E-state index in [2.05, 4.69) is 20.7 Å². The molecule has 38 heavy (non-hydrogen) atoms. The van der Waals surface area contributed by atoms with E-state index in [1.165, 1.54) is 16.9 Å². The van der Waals surface area contributed by atoms with Crippen LogP contribution in [0.25, 0.3) is 11.4 Å². The molecule has 0 radical (unpaired) electrons. The summed E-state index contributed by atoms with van der Waals surface area (Å²) >= 11 is 0. The molecular formula is C27H34FN5O5. The van der Waals surface area contributed by atoms with E-state index in [1.54, 1.807) is 47.6 Å². The molecule has 3 rings (SSSR count). The predicted molar refractivity (Wildman–Crippen MR) is 138 cm³/mol. The van der Waals surface area contributed by atoms with Crippen molar-refractivity contribution in [3.05, 3.63) is 59.9 Å². The van der Waals surface area contributed by atoms with Crippen LogP contribution in [0.15, 0.2) is 48.5 Å². The summed E-state index contributed by atoms with van der Waals surface area (Å²) < 4.78 is 31.0. The average Bonchev–Trinajstić information content (AvgIpc) is 3.24. The average molecular weight is 528 g/mol. The molecule has 0 spiro atoms. The molecule has 0 aliphatic carbocycles. The fourth-order valence-corrected chi connectivity index (χ4v) is 3.35. The van der Waals surface area contributed by atoms with Crippen molar-refractivity contribution >= 4 is 12.1 Å². The third-order valence-electron chi connectivity index (χ3n) is 4.82. The lowest BCUT2D eigenvalue weighted by Gasteiger charge is -2.24. The monoisotopic (exact) mass is 527 g/mol. The SMILES string of the molecule is CC(C)(C)OC(=O)C[C@@H](Cn1nnc(-c2ccc(OCc3ccccc3)c(F)c2)n1)NC(=O)OC(C)(C)C. The smallest absolute Gasteiger partial charge is 0.407 e. The maximum atomic E-state index is 14.7. The molecule has 2 aromatic carbocycles. The molecule has 11 heteroatoms. The van der Waals surface area contributed by atoms with Crippen molar-refractivity contribution < 1.29 is 28.2 Å². The Morgan fingerprint density at radius 2 is 1.68 bits per heavy atom. The number of carbonyl (C=O) groups excluding carboxylic acids is 2. The highest BCUT2D eigenvalue weighted by Gasteiger charge is 2.25. The number of nitrogens with one attached hydrogen (secondary N) is 1. The zero-order valence-corrected chi connectivity index (χ0v) is 22.5. The van der Waals surface area contributed by atoms with Crippen LogP contribution in [0.3, 0.4) is 0 Å². The maximum absolute atomic E-state index is 14.7. The van der Waals surface area contributed by atoms with Crippen LogP contribution in [0.5, 0.6) is 5.75 Å². The van der Waals surface area contributed by atoms with Crippen LogP contribution < -0.4 is 10.1 Å². The first-order valence-corrected chi connectivity index (χ1v) is 12.2. The third kappa shape index (κ3) is 9.45. The number of amides is 1. The summed E-state index contributed by atoms with van der Waals surface area (Å²) in [5.74, 6) is -0.799. The number of benzene rings is 2. The summed E-state index contributed by atoms with van der Waals surface area (Å²) in [7, 11) is 0. The molecule has 0 aliphatic heterocycles. The maximum Gasteiger partial charge on any atom is 0.407 e. The summed E-state index contributed by atoms with van der Waals surface area (Å²) in [6, 6.07) is 13.1. The molecule has 10 nitrogen and oxygen atoms in total. The zero-order chi connectivity index (χ0) is 27.9. The number of ether oxygens (including phenoxy) is 3. The van der Waals surface area contributed by atoms with Crippen LogP contribution in [-0.4, -0.2) is 49.5 Å². The van der Waals surface area contributed by atoms with Crippen LogP contribution in [-0.2, 0) is 27.4 Å². The lowest BCUT2D eigenvalue weighted by atomic mass is 10.1. The highest BCUT2D eigenvalue weighted by atomic mass is 19.1. The van der Waals surface area contributed by atoms with Crippen LogP contribution in [0.2, 0.25) is 0 Å². The molecule has 3 aromatic rings. The molecule has 0 fully saturated rings. The predicted octanol–water partition coefficient (Wildman–Crippen LogP) is 4.68. The minimum absolute atomic E-state index is 0.00619. The molecule has 0 saturated carbocycles. The van der Waals surface area contributed by atoms with Gasteiger partial charge in [-0.1, -0.05) is 30.3 Å². The normalized spacial score (nSPS) is 12.5. The van der Waals surface area contributed by atoms with Crippen molar-refractivity contribution in [1.82, 2.24) is 25.5 Å². The van der Waals surface area contributed by atoms with Crippen molar-refractivity contribution in [1.29, 1.82) is 0 Å². The van der Waals surface area contributed by atoms with Crippen LogP contribution in [0.4, 0.5) is 9.18 Å². The summed E-state index contributed by atoms with van der Waals surface area (Å²) in [4.78, 5) is 26.0. The van der Waals surface area contributed by atoms with Crippen molar-refractivity contribution in [2.75, 3.05) is 0 Å².